The molecule has 1 unspecified atom stereocenters. The van der Waals surface area contributed by atoms with E-state index in [0.29, 0.717) is 12.8 Å². The van der Waals surface area contributed by atoms with Gasteiger partial charge in [0.1, 0.15) is 0 Å². The van der Waals surface area contributed by atoms with Crippen LogP contribution in [0.1, 0.15) is 33.6 Å². The van der Waals surface area contributed by atoms with E-state index >= 15 is 0 Å². The van der Waals surface area contributed by atoms with Gasteiger partial charge in [0.25, 0.3) is 5.92 Å². The summed E-state index contributed by atoms with van der Waals surface area (Å²) in [7, 11) is 0. The summed E-state index contributed by atoms with van der Waals surface area (Å²) in [6.45, 7) is 8.39. The SMILES string of the molecule is C=C(CC)C(F)(F)C(C)CC. The highest BCUT2D eigenvalue weighted by atomic mass is 19.3. The van der Waals surface area contributed by atoms with Gasteiger partial charge in [0.15, 0.2) is 0 Å². The van der Waals surface area contributed by atoms with E-state index in [1.165, 1.54) is 0 Å². The Morgan fingerprint density at radius 2 is 1.91 bits per heavy atom. The zero-order valence-corrected chi connectivity index (χ0v) is 7.45. The summed E-state index contributed by atoms with van der Waals surface area (Å²) in [4.78, 5) is 0. The van der Waals surface area contributed by atoms with Crippen LogP contribution in [0, 0.1) is 5.92 Å². The summed E-state index contributed by atoms with van der Waals surface area (Å²) in [5.74, 6) is -3.27. The molecular weight excluding hydrogens is 146 g/mol. The molecular formula is C9H16F2. The van der Waals surface area contributed by atoms with Gasteiger partial charge in [-0.2, -0.15) is 0 Å². The Bertz CT molecular complexity index is 138. The van der Waals surface area contributed by atoms with Crippen LogP contribution in [0.2, 0.25) is 0 Å². The van der Waals surface area contributed by atoms with Gasteiger partial charge in [-0.3, -0.25) is 0 Å². The van der Waals surface area contributed by atoms with Crippen molar-refractivity contribution in [3.8, 4) is 0 Å². The Labute approximate surface area is 67.3 Å². The Kier molecular flexibility index (Phi) is 3.70. The molecule has 0 saturated heterocycles. The van der Waals surface area contributed by atoms with E-state index in [1.54, 1.807) is 20.8 Å². The van der Waals surface area contributed by atoms with Crippen molar-refractivity contribution in [2.24, 2.45) is 5.92 Å². The third kappa shape index (κ3) is 2.28. The van der Waals surface area contributed by atoms with E-state index < -0.39 is 11.8 Å². The lowest BCUT2D eigenvalue weighted by molar-refractivity contribution is -0.0170. The van der Waals surface area contributed by atoms with Crippen LogP contribution in [0.15, 0.2) is 12.2 Å². The zero-order valence-electron chi connectivity index (χ0n) is 7.45. The monoisotopic (exact) mass is 162 g/mol. The summed E-state index contributed by atoms with van der Waals surface area (Å²) in [6, 6.07) is 0. The van der Waals surface area contributed by atoms with Crippen LogP contribution < -0.4 is 0 Å². The van der Waals surface area contributed by atoms with Crippen LogP contribution in [-0.2, 0) is 0 Å². The average Bonchev–Trinajstić information content (AvgIpc) is 2.01. The minimum Gasteiger partial charge on any atom is -0.201 e. The van der Waals surface area contributed by atoms with Gasteiger partial charge in [0.2, 0.25) is 0 Å². The van der Waals surface area contributed by atoms with Crippen LogP contribution in [-0.4, -0.2) is 5.92 Å². The second-order valence-electron chi connectivity index (χ2n) is 2.89. The van der Waals surface area contributed by atoms with Gasteiger partial charge in [-0.25, -0.2) is 8.78 Å². The minimum atomic E-state index is -2.68. The first-order valence-corrected chi connectivity index (χ1v) is 4.02. The quantitative estimate of drug-likeness (QED) is 0.554. The molecule has 0 heterocycles. The molecule has 0 saturated carbocycles. The van der Waals surface area contributed by atoms with Crippen LogP contribution in [0.3, 0.4) is 0 Å². The number of hydrogen-bond acceptors (Lipinski definition) is 0. The van der Waals surface area contributed by atoms with Crippen LogP contribution in [0.4, 0.5) is 8.78 Å². The summed E-state index contributed by atoms with van der Waals surface area (Å²) >= 11 is 0. The van der Waals surface area contributed by atoms with Gasteiger partial charge in [-0.05, 0) is 18.4 Å². The normalized spacial score (nSPS) is 14.6. The average molecular weight is 162 g/mol. The fourth-order valence-electron chi connectivity index (χ4n) is 0.841. The summed E-state index contributed by atoms with van der Waals surface area (Å²) < 4.78 is 26.2. The molecule has 0 aromatic carbocycles. The van der Waals surface area contributed by atoms with Crippen molar-refractivity contribution in [2.75, 3.05) is 0 Å². The smallest absolute Gasteiger partial charge is 0.201 e. The van der Waals surface area contributed by atoms with Crippen molar-refractivity contribution >= 4 is 0 Å². The largest absolute Gasteiger partial charge is 0.271 e. The molecule has 0 fully saturated rings. The topological polar surface area (TPSA) is 0 Å². The van der Waals surface area contributed by atoms with E-state index in [1.807, 2.05) is 0 Å². The van der Waals surface area contributed by atoms with Gasteiger partial charge < -0.3 is 0 Å². The summed E-state index contributed by atoms with van der Waals surface area (Å²) in [5, 5.41) is 0. The van der Waals surface area contributed by atoms with Crippen molar-refractivity contribution in [2.45, 2.75) is 39.5 Å². The lowest BCUT2D eigenvalue weighted by Crippen LogP contribution is -2.27. The molecule has 1 atom stereocenters. The van der Waals surface area contributed by atoms with E-state index in [9.17, 15) is 8.78 Å². The Morgan fingerprint density at radius 1 is 1.45 bits per heavy atom. The van der Waals surface area contributed by atoms with Crippen LogP contribution in [0.5, 0.6) is 0 Å². The predicted molar refractivity (Wildman–Crippen MR) is 43.8 cm³/mol. The standard InChI is InChI=1S/C9H16F2/c1-5-7(3)9(10,11)8(4)6-2/h8H,3,5-6H2,1-2,4H3. The Balaban J connectivity index is 4.31. The lowest BCUT2D eigenvalue weighted by Gasteiger charge is -2.23. The summed E-state index contributed by atoms with van der Waals surface area (Å²) in [6.07, 6.45) is 0.851. The van der Waals surface area contributed by atoms with E-state index in [-0.39, 0.29) is 5.57 Å². The molecule has 66 valence electrons. The zero-order chi connectivity index (χ0) is 9.07. The number of rotatable bonds is 4. The second kappa shape index (κ2) is 3.84. The van der Waals surface area contributed by atoms with Crippen molar-refractivity contribution in [1.29, 1.82) is 0 Å². The van der Waals surface area contributed by atoms with Crippen molar-refractivity contribution in [3.05, 3.63) is 12.2 Å². The van der Waals surface area contributed by atoms with Gasteiger partial charge in [-0.1, -0.05) is 27.4 Å². The number of halogens is 2. The molecule has 0 aliphatic rings. The third-order valence-corrected chi connectivity index (χ3v) is 2.13. The molecule has 0 aromatic heterocycles. The Hall–Kier alpha value is -0.400. The Morgan fingerprint density at radius 3 is 2.18 bits per heavy atom. The molecule has 0 spiro atoms. The van der Waals surface area contributed by atoms with Crippen molar-refractivity contribution < 1.29 is 8.78 Å². The molecule has 11 heavy (non-hydrogen) atoms. The number of alkyl halides is 2. The molecule has 0 nitrogen and oxygen atoms in total. The molecule has 0 aliphatic heterocycles. The molecule has 0 N–H and O–H groups in total. The molecule has 0 bridgehead atoms. The maximum absolute atomic E-state index is 13.1. The van der Waals surface area contributed by atoms with Gasteiger partial charge >= 0.3 is 0 Å². The molecule has 2 heteroatoms. The maximum atomic E-state index is 13.1. The predicted octanol–water partition coefficient (Wildman–Crippen LogP) is 3.63. The van der Waals surface area contributed by atoms with Gasteiger partial charge in [0, 0.05) is 5.92 Å². The first-order valence-electron chi connectivity index (χ1n) is 4.02. The third-order valence-electron chi connectivity index (χ3n) is 2.13. The first-order chi connectivity index (χ1) is 4.96. The fourth-order valence-corrected chi connectivity index (χ4v) is 0.841. The highest BCUT2D eigenvalue weighted by Gasteiger charge is 2.36. The van der Waals surface area contributed by atoms with Crippen molar-refractivity contribution in [3.63, 3.8) is 0 Å². The van der Waals surface area contributed by atoms with E-state index in [4.69, 9.17) is 0 Å². The van der Waals surface area contributed by atoms with Gasteiger partial charge in [-0.15, -0.1) is 0 Å². The highest BCUT2D eigenvalue weighted by molar-refractivity contribution is 5.08. The molecule has 0 aromatic rings. The molecule has 0 radical (unpaired) electrons. The fraction of sp³-hybridized carbons (Fsp3) is 0.778. The minimum absolute atomic E-state index is 0.0480. The van der Waals surface area contributed by atoms with Gasteiger partial charge in [0.05, 0.1) is 0 Å². The number of hydrogen-bond donors (Lipinski definition) is 0. The first kappa shape index (κ1) is 10.6. The maximum Gasteiger partial charge on any atom is 0.271 e. The second-order valence-corrected chi connectivity index (χ2v) is 2.89. The van der Waals surface area contributed by atoms with E-state index in [0.717, 1.165) is 0 Å². The lowest BCUT2D eigenvalue weighted by atomic mass is 9.93. The van der Waals surface area contributed by atoms with Crippen LogP contribution in [0.25, 0.3) is 0 Å². The molecule has 0 rings (SSSR count). The van der Waals surface area contributed by atoms with Crippen molar-refractivity contribution in [1.82, 2.24) is 0 Å². The molecule has 0 amide bonds. The highest BCUT2D eigenvalue weighted by Crippen LogP contribution is 2.34. The summed E-state index contributed by atoms with van der Waals surface area (Å²) in [5.41, 5.74) is 0.0480. The molecule has 0 aliphatic carbocycles. The van der Waals surface area contributed by atoms with E-state index in [2.05, 4.69) is 6.58 Å². The van der Waals surface area contributed by atoms with Crippen LogP contribution >= 0.6 is 0 Å². The number of allylic oxidation sites excluding steroid dienone is 1.